The summed E-state index contributed by atoms with van der Waals surface area (Å²) in [6, 6.07) is 3.44. The molecular weight excluding hydrogens is 464 g/mol. The molecule has 2 fully saturated rings. The fourth-order valence-corrected chi connectivity index (χ4v) is 5.50. The van der Waals surface area contributed by atoms with Crippen LogP contribution in [0.2, 0.25) is 0 Å². The van der Waals surface area contributed by atoms with Crippen molar-refractivity contribution < 1.29 is 9.53 Å². The minimum atomic E-state index is -0.175. The Labute approximate surface area is 223 Å². The molecular formula is C29H44N6O2. The van der Waals surface area contributed by atoms with Gasteiger partial charge in [-0.3, -0.25) is 9.69 Å². The minimum absolute atomic E-state index is 0.116. The molecule has 1 aliphatic carbocycles. The number of amides is 1. The van der Waals surface area contributed by atoms with Gasteiger partial charge in [-0.15, -0.1) is 0 Å². The number of nitrogens with zero attached hydrogens (tertiary/aromatic N) is 6. The molecule has 0 aromatic carbocycles. The van der Waals surface area contributed by atoms with Gasteiger partial charge in [-0.05, 0) is 78.8 Å². The molecule has 1 amide bonds. The number of carbonyl (C=O) groups is 1. The topological polar surface area (TPSA) is 85.6 Å². The first-order valence-corrected chi connectivity index (χ1v) is 13.8. The lowest BCUT2D eigenvalue weighted by Gasteiger charge is -2.41. The van der Waals surface area contributed by atoms with Crippen molar-refractivity contribution in [3.8, 4) is 12.1 Å². The summed E-state index contributed by atoms with van der Waals surface area (Å²) in [5.41, 5.74) is 2.30. The normalized spacial score (nSPS) is 21.8. The Bertz CT molecular complexity index is 981. The molecule has 2 aliphatic heterocycles. The highest BCUT2D eigenvalue weighted by atomic mass is 16.5. The van der Waals surface area contributed by atoms with Gasteiger partial charge in [0.2, 0.25) is 5.91 Å². The van der Waals surface area contributed by atoms with Crippen molar-refractivity contribution in [1.82, 2.24) is 19.8 Å². The number of fused-ring (bicyclic) bond motifs is 1. The molecule has 1 aromatic heterocycles. The second-order valence-corrected chi connectivity index (χ2v) is 10.3. The van der Waals surface area contributed by atoms with Crippen LogP contribution in [0.25, 0.3) is 0 Å². The van der Waals surface area contributed by atoms with E-state index in [9.17, 15) is 10.1 Å². The van der Waals surface area contributed by atoms with Crippen LogP contribution >= 0.6 is 0 Å². The zero-order valence-electron chi connectivity index (χ0n) is 23.2. The van der Waals surface area contributed by atoms with E-state index in [-0.39, 0.29) is 11.9 Å². The van der Waals surface area contributed by atoms with Gasteiger partial charge in [-0.2, -0.15) is 15.2 Å². The smallest absolute Gasteiger partial charge is 0.318 e. The second-order valence-electron chi connectivity index (χ2n) is 10.3. The SMILES string of the molecule is C/C=C/C.C=CC(=O)N1CCN(c2nc(OC[C@@H]3CCCN3C(C)C)nc3c2CCCC3)C[C@@H]1CC#N. The van der Waals surface area contributed by atoms with Crippen LogP contribution in [0.15, 0.2) is 24.8 Å². The maximum Gasteiger partial charge on any atom is 0.318 e. The summed E-state index contributed by atoms with van der Waals surface area (Å²) in [5.74, 6) is 0.811. The molecule has 202 valence electrons. The van der Waals surface area contributed by atoms with Crippen molar-refractivity contribution in [2.75, 3.05) is 37.7 Å². The number of piperazine rings is 1. The number of aryl methyl sites for hydroxylation is 1. The number of nitriles is 1. The summed E-state index contributed by atoms with van der Waals surface area (Å²) in [7, 11) is 0. The number of rotatable bonds is 7. The van der Waals surface area contributed by atoms with Crippen LogP contribution in [0.4, 0.5) is 5.82 Å². The molecule has 8 heteroatoms. The zero-order chi connectivity index (χ0) is 26.8. The quantitative estimate of drug-likeness (QED) is 0.401. The largest absolute Gasteiger partial charge is 0.462 e. The van der Waals surface area contributed by atoms with Gasteiger partial charge < -0.3 is 14.5 Å². The lowest BCUT2D eigenvalue weighted by molar-refractivity contribution is -0.128. The van der Waals surface area contributed by atoms with E-state index in [1.165, 1.54) is 18.1 Å². The number of likely N-dealkylation sites (tertiary alicyclic amines) is 1. The van der Waals surface area contributed by atoms with Gasteiger partial charge in [0, 0.05) is 37.3 Å². The molecule has 3 heterocycles. The van der Waals surface area contributed by atoms with Crippen LogP contribution in [-0.2, 0) is 17.6 Å². The summed E-state index contributed by atoms with van der Waals surface area (Å²) in [6.07, 6.45) is 12.1. The Hall–Kier alpha value is -2.92. The fraction of sp³-hybridized carbons (Fsp3) is 0.655. The molecule has 0 saturated carbocycles. The first-order valence-electron chi connectivity index (χ1n) is 13.8. The van der Waals surface area contributed by atoms with Gasteiger partial charge in [-0.1, -0.05) is 18.7 Å². The monoisotopic (exact) mass is 508 g/mol. The standard InChI is InChI=1S/C25H36N6O2.C4H8/c1-4-23(32)31-15-14-29(16-19(31)11-12-26)24-21-9-5-6-10-22(21)27-25(28-24)33-17-20-8-7-13-30(20)18(2)3;1-3-4-2/h4,18-20H,1,5-11,13-17H2,2-3H3;3-4H,1-2H3/b;4-3+/t19-,20-;/m0./s1. The molecule has 4 rings (SSSR count). The number of hydrogen-bond acceptors (Lipinski definition) is 7. The third-order valence-corrected chi connectivity index (χ3v) is 7.53. The maximum atomic E-state index is 12.3. The van der Waals surface area contributed by atoms with Gasteiger partial charge >= 0.3 is 6.01 Å². The predicted octanol–water partition coefficient (Wildman–Crippen LogP) is 4.31. The first-order chi connectivity index (χ1) is 17.9. The molecule has 1 aromatic rings. The van der Waals surface area contributed by atoms with Gasteiger partial charge in [0.05, 0.1) is 24.2 Å². The van der Waals surface area contributed by atoms with Crippen LogP contribution in [0.1, 0.15) is 71.1 Å². The summed E-state index contributed by atoms with van der Waals surface area (Å²) in [6.45, 7) is 15.6. The van der Waals surface area contributed by atoms with E-state index in [0.29, 0.717) is 50.8 Å². The molecule has 8 nitrogen and oxygen atoms in total. The van der Waals surface area contributed by atoms with Crippen molar-refractivity contribution in [1.29, 1.82) is 5.26 Å². The molecule has 0 N–H and O–H groups in total. The third-order valence-electron chi connectivity index (χ3n) is 7.53. The van der Waals surface area contributed by atoms with Gasteiger partial charge in [0.25, 0.3) is 0 Å². The molecule has 0 radical (unpaired) electrons. The highest BCUT2D eigenvalue weighted by Gasteiger charge is 2.33. The average molecular weight is 509 g/mol. The second kappa shape index (κ2) is 14.1. The number of ether oxygens (including phenoxy) is 1. The summed E-state index contributed by atoms with van der Waals surface area (Å²) in [5, 5.41) is 9.34. The Morgan fingerprint density at radius 2 is 1.89 bits per heavy atom. The van der Waals surface area contributed by atoms with Crippen LogP contribution in [0, 0.1) is 11.3 Å². The van der Waals surface area contributed by atoms with Crippen LogP contribution in [0.5, 0.6) is 6.01 Å². The Morgan fingerprint density at radius 3 is 2.57 bits per heavy atom. The molecule has 0 unspecified atom stereocenters. The van der Waals surface area contributed by atoms with Crippen molar-refractivity contribution in [2.24, 2.45) is 0 Å². The molecule has 2 atom stereocenters. The highest BCUT2D eigenvalue weighted by molar-refractivity contribution is 5.87. The van der Waals surface area contributed by atoms with E-state index in [4.69, 9.17) is 14.7 Å². The van der Waals surface area contributed by atoms with E-state index in [1.807, 2.05) is 26.0 Å². The lowest BCUT2D eigenvalue weighted by atomic mass is 9.95. The van der Waals surface area contributed by atoms with Crippen molar-refractivity contribution in [3.05, 3.63) is 36.1 Å². The molecule has 0 bridgehead atoms. The number of allylic oxidation sites excluding steroid dienone is 2. The van der Waals surface area contributed by atoms with Gasteiger partial charge in [-0.25, -0.2) is 0 Å². The summed E-state index contributed by atoms with van der Waals surface area (Å²) in [4.78, 5) is 28.5. The number of carbonyl (C=O) groups excluding carboxylic acids is 1. The van der Waals surface area contributed by atoms with Crippen molar-refractivity contribution in [3.63, 3.8) is 0 Å². The number of anilines is 1. The predicted molar refractivity (Wildman–Crippen MR) is 148 cm³/mol. The van der Waals surface area contributed by atoms with Gasteiger partial charge in [0.1, 0.15) is 12.4 Å². The fourth-order valence-electron chi connectivity index (χ4n) is 5.50. The maximum absolute atomic E-state index is 12.3. The first kappa shape index (κ1) is 28.6. The van der Waals surface area contributed by atoms with Crippen molar-refractivity contribution in [2.45, 2.75) is 90.8 Å². The zero-order valence-corrected chi connectivity index (χ0v) is 23.2. The number of aromatic nitrogens is 2. The van der Waals surface area contributed by atoms with Crippen LogP contribution in [-0.4, -0.2) is 76.6 Å². The minimum Gasteiger partial charge on any atom is -0.462 e. The molecule has 0 spiro atoms. The molecule has 3 aliphatic rings. The van der Waals surface area contributed by atoms with E-state index in [1.54, 1.807) is 4.90 Å². The molecule has 2 saturated heterocycles. The summed E-state index contributed by atoms with van der Waals surface area (Å²) < 4.78 is 6.20. The van der Waals surface area contributed by atoms with E-state index >= 15 is 0 Å². The Balaban J connectivity index is 0.000000886. The Morgan fingerprint density at radius 1 is 1.14 bits per heavy atom. The average Bonchev–Trinajstić information content (AvgIpc) is 3.40. The van der Waals surface area contributed by atoms with Gasteiger partial charge in [0.15, 0.2) is 0 Å². The van der Waals surface area contributed by atoms with E-state index < -0.39 is 0 Å². The third kappa shape index (κ3) is 7.32. The number of hydrogen-bond donors (Lipinski definition) is 0. The summed E-state index contributed by atoms with van der Waals surface area (Å²) >= 11 is 0. The highest BCUT2D eigenvalue weighted by Crippen LogP contribution is 2.32. The van der Waals surface area contributed by atoms with Crippen molar-refractivity contribution >= 4 is 11.7 Å². The molecule has 37 heavy (non-hydrogen) atoms. The van der Waals surface area contributed by atoms with Crippen LogP contribution < -0.4 is 9.64 Å². The van der Waals surface area contributed by atoms with E-state index in [0.717, 1.165) is 50.2 Å². The Kier molecular flexibility index (Phi) is 10.9. The lowest BCUT2D eigenvalue weighted by Crippen LogP contribution is -2.55. The van der Waals surface area contributed by atoms with E-state index in [2.05, 4.69) is 36.3 Å². The van der Waals surface area contributed by atoms with Crippen LogP contribution in [0.3, 0.4) is 0 Å².